The maximum atomic E-state index is 8.50. The van der Waals surface area contributed by atoms with Gasteiger partial charge in [-0.2, -0.15) is 0 Å². The minimum absolute atomic E-state index is 0. The van der Waals surface area contributed by atoms with E-state index in [1.165, 1.54) is 0 Å². The van der Waals surface area contributed by atoms with Crippen molar-refractivity contribution in [3.05, 3.63) is 0 Å². The van der Waals surface area contributed by atoms with Gasteiger partial charge in [-0.15, -0.1) is 0 Å². The number of hydrogen-bond acceptors (Lipinski definition) is 2. The van der Waals surface area contributed by atoms with E-state index < -0.39 is 19.1 Å². The van der Waals surface area contributed by atoms with E-state index in [4.69, 9.17) is 6.65 Å². The Morgan fingerprint density at radius 2 is 1.25 bits per heavy atom. The van der Waals surface area contributed by atoms with Crippen molar-refractivity contribution in [3.63, 3.8) is 0 Å². The topological polar surface area (TPSA) is 34.1 Å². The Balaban J connectivity index is 0. The fraction of sp³-hybridized carbons (Fsp3) is 0. The average molecular weight is 224 g/mol. The molecule has 0 saturated carbocycles. The zero-order valence-electron chi connectivity index (χ0n) is 1.82. The van der Waals surface area contributed by atoms with Crippen molar-refractivity contribution in [1.82, 2.24) is 0 Å². The molecule has 0 spiro atoms. The van der Waals surface area contributed by atoms with Gasteiger partial charge in [0.25, 0.3) is 0 Å². The van der Waals surface area contributed by atoms with E-state index in [2.05, 4.69) is 0 Å². The number of hydrogen-bond donors (Lipinski definition) is 0. The summed E-state index contributed by atoms with van der Waals surface area (Å²) in [6.45, 7) is 0. The van der Waals surface area contributed by atoms with Crippen LogP contribution in [0, 0.1) is 40.8 Å². The van der Waals surface area contributed by atoms with E-state index in [1.807, 2.05) is 0 Å². The number of rotatable bonds is 0. The Hall–Kier alpha value is 1.66. The van der Waals surface area contributed by atoms with Crippen LogP contribution in [0.15, 0.2) is 0 Å². The van der Waals surface area contributed by atoms with Gasteiger partial charge in [0.15, 0.2) is 0 Å². The first-order valence-corrected chi connectivity index (χ1v) is 1.68. The van der Waals surface area contributed by atoms with Crippen molar-refractivity contribution in [2.45, 2.75) is 0 Å². The molecule has 0 aromatic rings. The SMILES string of the molecule is [Nd].[O]=[Ti]=[O]. The van der Waals surface area contributed by atoms with Crippen molar-refractivity contribution in [3.8, 4) is 0 Å². The molecule has 0 heterocycles. The van der Waals surface area contributed by atoms with Crippen molar-refractivity contribution < 1.29 is 66.6 Å². The van der Waals surface area contributed by atoms with Crippen LogP contribution in [0.25, 0.3) is 0 Å². The van der Waals surface area contributed by atoms with Crippen molar-refractivity contribution >= 4 is 0 Å². The maximum absolute atomic E-state index is 8.50. The van der Waals surface area contributed by atoms with Crippen LogP contribution in [0.4, 0.5) is 0 Å². The second-order valence-electron chi connectivity index (χ2n) is 0.0833. The monoisotopic (exact) mass is 222 g/mol. The molecule has 0 bridgehead atoms. The van der Waals surface area contributed by atoms with Crippen LogP contribution in [0.1, 0.15) is 0 Å². The van der Waals surface area contributed by atoms with E-state index in [-0.39, 0.29) is 40.8 Å². The molecule has 0 fully saturated rings. The summed E-state index contributed by atoms with van der Waals surface area (Å²) in [4.78, 5) is 0. The second-order valence-corrected chi connectivity index (χ2v) is 0.344. The Morgan fingerprint density at radius 1 is 1.25 bits per heavy atom. The molecule has 0 unspecified atom stereocenters. The summed E-state index contributed by atoms with van der Waals surface area (Å²) in [6, 6.07) is 0. The second kappa shape index (κ2) is 8.82. The van der Waals surface area contributed by atoms with Crippen molar-refractivity contribution in [2.24, 2.45) is 0 Å². The summed E-state index contributed by atoms with van der Waals surface area (Å²) in [7, 11) is 0. The molecule has 0 aliphatic rings. The Kier molecular flexibility index (Phi) is 20.2. The fourth-order valence-electron chi connectivity index (χ4n) is 0. The predicted molar refractivity (Wildman–Crippen MR) is 1.37 cm³/mol. The predicted octanol–water partition coefficient (Wildman–Crippen LogP) is -0.240. The molecule has 0 saturated heterocycles. The molecular weight excluding hydrogens is 224 g/mol. The normalized spacial score (nSPS) is 2.00. The molecule has 0 aliphatic carbocycles. The molecule has 0 N–H and O–H groups in total. The third-order valence-corrected chi connectivity index (χ3v) is 0. The van der Waals surface area contributed by atoms with E-state index >= 15 is 0 Å². The van der Waals surface area contributed by atoms with Gasteiger partial charge in [0, 0.05) is 40.8 Å². The van der Waals surface area contributed by atoms with Gasteiger partial charge in [0.2, 0.25) is 0 Å². The van der Waals surface area contributed by atoms with Crippen LogP contribution in [0.5, 0.6) is 0 Å². The zero-order valence-corrected chi connectivity index (χ0v) is 6.59. The molecule has 2 nitrogen and oxygen atoms in total. The van der Waals surface area contributed by atoms with E-state index in [1.54, 1.807) is 0 Å². The van der Waals surface area contributed by atoms with Gasteiger partial charge in [0.05, 0.1) is 0 Å². The van der Waals surface area contributed by atoms with Crippen molar-refractivity contribution in [2.75, 3.05) is 0 Å². The molecule has 0 rings (SSSR count). The minimum atomic E-state index is -2.00. The molecule has 0 aliphatic heterocycles. The molecule has 0 aromatic carbocycles. The summed E-state index contributed by atoms with van der Waals surface area (Å²) < 4.78 is 17.0. The Labute approximate surface area is 65.4 Å². The molecule has 0 atom stereocenters. The first-order valence-electron chi connectivity index (χ1n) is 0.408. The van der Waals surface area contributed by atoms with E-state index in [0.29, 0.717) is 0 Å². The van der Waals surface area contributed by atoms with Crippen LogP contribution < -0.4 is 0 Å². The van der Waals surface area contributed by atoms with Crippen LogP contribution in [-0.4, -0.2) is 0 Å². The van der Waals surface area contributed by atoms with E-state index in [0.717, 1.165) is 0 Å². The van der Waals surface area contributed by atoms with Crippen LogP contribution in [0.3, 0.4) is 0 Å². The summed E-state index contributed by atoms with van der Waals surface area (Å²) >= 11 is -2.00. The molecule has 4 heteroatoms. The fourth-order valence-corrected chi connectivity index (χ4v) is 0. The first-order chi connectivity index (χ1) is 1.41. The van der Waals surface area contributed by atoms with Gasteiger partial charge >= 0.3 is 25.7 Å². The first kappa shape index (κ1) is 9.18. The Bertz CT molecular complexity index is 27.0. The quantitative estimate of drug-likeness (QED) is 0.532. The Morgan fingerprint density at radius 3 is 1.25 bits per heavy atom. The summed E-state index contributed by atoms with van der Waals surface area (Å²) in [6.07, 6.45) is 0. The molecule has 0 aromatic heterocycles. The van der Waals surface area contributed by atoms with Crippen LogP contribution in [-0.2, 0) is 25.7 Å². The summed E-state index contributed by atoms with van der Waals surface area (Å²) in [5, 5.41) is 0. The molecular formula is NdO2Ti. The summed E-state index contributed by atoms with van der Waals surface area (Å²) in [5.41, 5.74) is 0. The summed E-state index contributed by atoms with van der Waals surface area (Å²) in [5.74, 6) is 0. The molecule has 0 amide bonds. The molecule has 20 valence electrons. The third kappa shape index (κ3) is 9.39. The van der Waals surface area contributed by atoms with Crippen LogP contribution >= 0.6 is 0 Å². The van der Waals surface area contributed by atoms with Gasteiger partial charge in [-0.05, 0) is 0 Å². The standard InChI is InChI=1S/Nd.2O.Ti. The molecule has 4 heavy (non-hydrogen) atoms. The molecule has 0 radical (unpaired) electrons. The average Bonchev–Trinajstić information content (AvgIpc) is 0.918. The van der Waals surface area contributed by atoms with Gasteiger partial charge in [-0.3, -0.25) is 0 Å². The van der Waals surface area contributed by atoms with Crippen LogP contribution in [0.2, 0.25) is 0 Å². The van der Waals surface area contributed by atoms with Gasteiger partial charge in [-0.25, -0.2) is 0 Å². The van der Waals surface area contributed by atoms with Gasteiger partial charge < -0.3 is 0 Å². The van der Waals surface area contributed by atoms with Gasteiger partial charge in [-0.1, -0.05) is 0 Å². The zero-order chi connectivity index (χ0) is 2.71. The van der Waals surface area contributed by atoms with E-state index in [9.17, 15) is 0 Å². The third-order valence-electron chi connectivity index (χ3n) is 0. The van der Waals surface area contributed by atoms with Crippen molar-refractivity contribution in [1.29, 1.82) is 0 Å². The van der Waals surface area contributed by atoms with Gasteiger partial charge in [0.1, 0.15) is 0 Å².